The van der Waals surface area contributed by atoms with Crippen LogP contribution in [0.3, 0.4) is 0 Å². The maximum atomic E-state index is 11.8. The van der Waals surface area contributed by atoms with Crippen LogP contribution in [0.15, 0.2) is 22.7 Å². The molecule has 6 heteroatoms. The van der Waals surface area contributed by atoms with Crippen LogP contribution in [0, 0.1) is 0 Å². The first kappa shape index (κ1) is 13.7. The molecule has 0 N–H and O–H groups in total. The van der Waals surface area contributed by atoms with E-state index in [4.69, 9.17) is 4.84 Å². The lowest BCUT2D eigenvalue weighted by atomic mass is 10.1. The predicted molar refractivity (Wildman–Crippen MR) is 64.6 cm³/mol. The topological polar surface area (TPSA) is 55.8 Å². The van der Waals surface area contributed by atoms with Crippen molar-refractivity contribution in [3.8, 4) is 0 Å². The maximum absolute atomic E-state index is 11.8. The molecule has 1 rings (SSSR count). The van der Waals surface area contributed by atoms with Gasteiger partial charge in [-0.25, -0.2) is 9.86 Å². The molecule has 0 aliphatic rings. The summed E-state index contributed by atoms with van der Waals surface area (Å²) < 4.78 is 5.22. The zero-order chi connectivity index (χ0) is 13.0. The van der Waals surface area contributed by atoms with Gasteiger partial charge < -0.3 is 4.74 Å². The fourth-order valence-corrected chi connectivity index (χ4v) is 1.71. The molecule has 0 aliphatic heterocycles. The monoisotopic (exact) mass is 301 g/mol. The van der Waals surface area contributed by atoms with Crippen LogP contribution < -0.4 is 0 Å². The van der Waals surface area contributed by atoms with E-state index >= 15 is 0 Å². The fourth-order valence-electron chi connectivity index (χ4n) is 1.21. The Morgan fingerprint density at radius 1 is 1.18 bits per heavy atom. The van der Waals surface area contributed by atoms with Gasteiger partial charge in [-0.3, -0.25) is 9.63 Å². The maximum Gasteiger partial charge on any atom is 0.337 e. The van der Waals surface area contributed by atoms with Crippen molar-refractivity contribution < 1.29 is 19.2 Å². The van der Waals surface area contributed by atoms with E-state index in [-0.39, 0.29) is 5.91 Å². The summed E-state index contributed by atoms with van der Waals surface area (Å²) >= 11 is 3.23. The van der Waals surface area contributed by atoms with Crippen molar-refractivity contribution in [1.29, 1.82) is 0 Å². The first-order valence-electron chi connectivity index (χ1n) is 4.70. The van der Waals surface area contributed by atoms with Gasteiger partial charge in [0.15, 0.2) is 0 Å². The van der Waals surface area contributed by atoms with E-state index in [1.165, 1.54) is 27.3 Å². The van der Waals surface area contributed by atoms with Crippen molar-refractivity contribution in [1.82, 2.24) is 5.06 Å². The van der Waals surface area contributed by atoms with Gasteiger partial charge >= 0.3 is 5.97 Å². The Labute approximate surface area is 107 Å². The summed E-state index contributed by atoms with van der Waals surface area (Å²) in [5.41, 5.74) is 0.638. The number of rotatable bonds is 3. The number of carbonyl (C=O) groups is 2. The number of amides is 1. The van der Waals surface area contributed by atoms with E-state index in [1.54, 1.807) is 12.1 Å². The van der Waals surface area contributed by atoms with Gasteiger partial charge in [0, 0.05) is 17.1 Å². The van der Waals surface area contributed by atoms with Gasteiger partial charge in [0.25, 0.3) is 5.91 Å². The smallest absolute Gasteiger partial charge is 0.337 e. The van der Waals surface area contributed by atoms with E-state index in [9.17, 15) is 9.59 Å². The highest BCUT2D eigenvalue weighted by Crippen LogP contribution is 2.17. The van der Waals surface area contributed by atoms with Crippen molar-refractivity contribution >= 4 is 27.8 Å². The summed E-state index contributed by atoms with van der Waals surface area (Å²) in [6.07, 6.45) is 0. The average molecular weight is 302 g/mol. The lowest BCUT2D eigenvalue weighted by molar-refractivity contribution is -0.0757. The summed E-state index contributed by atoms with van der Waals surface area (Å²) in [6.45, 7) is 0. The summed E-state index contributed by atoms with van der Waals surface area (Å²) in [5, 5.41) is 1.07. The molecule has 0 saturated heterocycles. The standard InChI is InChI=1S/C11H12BrNO4/c1-13(17-3)10(14)7-4-8(11(15)16-2)6-9(12)5-7/h4-6H,1-3H3. The Morgan fingerprint density at radius 3 is 2.29 bits per heavy atom. The molecule has 0 unspecified atom stereocenters. The third kappa shape index (κ3) is 3.28. The minimum absolute atomic E-state index is 0.301. The van der Waals surface area contributed by atoms with Crippen LogP contribution in [0.2, 0.25) is 0 Å². The molecule has 5 nitrogen and oxygen atoms in total. The highest BCUT2D eigenvalue weighted by molar-refractivity contribution is 9.10. The molecule has 0 spiro atoms. The number of methoxy groups -OCH3 is 1. The summed E-state index contributed by atoms with van der Waals surface area (Å²) in [7, 11) is 4.16. The molecule has 1 amide bonds. The van der Waals surface area contributed by atoms with Crippen LogP contribution >= 0.6 is 15.9 Å². The summed E-state index contributed by atoms with van der Waals surface area (Å²) in [4.78, 5) is 28.0. The SMILES string of the molecule is COC(=O)c1cc(Br)cc(C(=O)N(C)OC)c1. The number of esters is 1. The van der Waals surface area contributed by atoms with Crippen molar-refractivity contribution in [3.63, 3.8) is 0 Å². The molecule has 0 heterocycles. The Bertz CT molecular complexity index is 447. The minimum atomic E-state index is -0.500. The molecule has 1 aromatic rings. The molecular formula is C11H12BrNO4. The Balaban J connectivity index is 3.13. The van der Waals surface area contributed by atoms with Crippen LogP contribution in [0.1, 0.15) is 20.7 Å². The summed E-state index contributed by atoms with van der Waals surface area (Å²) in [5.74, 6) is -0.848. The normalized spacial score (nSPS) is 9.88. The Kier molecular flexibility index (Phi) is 4.65. The van der Waals surface area contributed by atoms with Crippen LogP contribution in [0.4, 0.5) is 0 Å². The van der Waals surface area contributed by atoms with Crippen LogP contribution in [-0.2, 0) is 9.57 Å². The zero-order valence-electron chi connectivity index (χ0n) is 9.69. The molecular weight excluding hydrogens is 290 g/mol. The number of hydroxylamine groups is 2. The van der Waals surface area contributed by atoms with Gasteiger partial charge in [-0.1, -0.05) is 15.9 Å². The number of carbonyl (C=O) groups excluding carboxylic acids is 2. The van der Waals surface area contributed by atoms with E-state index < -0.39 is 5.97 Å². The third-order valence-electron chi connectivity index (χ3n) is 2.13. The highest BCUT2D eigenvalue weighted by atomic mass is 79.9. The van der Waals surface area contributed by atoms with Crippen LogP contribution in [-0.4, -0.2) is 38.2 Å². The lowest BCUT2D eigenvalue weighted by Gasteiger charge is -2.14. The van der Waals surface area contributed by atoms with Gasteiger partial charge in [0.1, 0.15) is 0 Å². The Morgan fingerprint density at radius 2 is 1.76 bits per heavy atom. The van der Waals surface area contributed by atoms with E-state index in [0.29, 0.717) is 15.6 Å². The first-order valence-corrected chi connectivity index (χ1v) is 5.50. The van der Waals surface area contributed by atoms with Gasteiger partial charge in [0.05, 0.1) is 19.8 Å². The number of benzene rings is 1. The second-order valence-corrected chi connectivity index (χ2v) is 4.12. The second-order valence-electron chi connectivity index (χ2n) is 3.21. The third-order valence-corrected chi connectivity index (χ3v) is 2.58. The quantitative estimate of drug-likeness (QED) is 0.632. The van der Waals surface area contributed by atoms with Gasteiger partial charge in [-0.05, 0) is 18.2 Å². The molecule has 0 saturated carbocycles. The van der Waals surface area contributed by atoms with E-state index in [2.05, 4.69) is 20.7 Å². The molecule has 0 bridgehead atoms. The van der Waals surface area contributed by atoms with E-state index in [0.717, 1.165) is 5.06 Å². The van der Waals surface area contributed by atoms with Crippen LogP contribution in [0.25, 0.3) is 0 Å². The number of halogens is 1. The fraction of sp³-hybridized carbons (Fsp3) is 0.273. The second kappa shape index (κ2) is 5.79. The van der Waals surface area contributed by atoms with Crippen molar-refractivity contribution in [2.45, 2.75) is 0 Å². The molecule has 17 heavy (non-hydrogen) atoms. The van der Waals surface area contributed by atoms with Crippen molar-refractivity contribution in [2.24, 2.45) is 0 Å². The first-order chi connectivity index (χ1) is 7.99. The van der Waals surface area contributed by atoms with Crippen LogP contribution in [0.5, 0.6) is 0 Å². The summed E-state index contributed by atoms with van der Waals surface area (Å²) in [6, 6.07) is 4.63. The number of nitrogens with zero attached hydrogens (tertiary/aromatic N) is 1. The molecule has 0 radical (unpaired) electrons. The number of ether oxygens (including phenoxy) is 1. The predicted octanol–water partition coefficient (Wildman–Crippen LogP) is 1.87. The zero-order valence-corrected chi connectivity index (χ0v) is 11.3. The highest BCUT2D eigenvalue weighted by Gasteiger charge is 2.15. The largest absolute Gasteiger partial charge is 0.465 e. The number of hydrogen-bond acceptors (Lipinski definition) is 4. The van der Waals surface area contributed by atoms with Gasteiger partial charge in [0.2, 0.25) is 0 Å². The molecule has 92 valence electrons. The molecule has 0 fully saturated rings. The van der Waals surface area contributed by atoms with Crippen molar-refractivity contribution in [2.75, 3.05) is 21.3 Å². The van der Waals surface area contributed by atoms with E-state index in [1.807, 2.05) is 0 Å². The Hall–Kier alpha value is -1.40. The molecule has 1 aromatic carbocycles. The average Bonchev–Trinajstić information content (AvgIpc) is 2.35. The molecule has 0 aromatic heterocycles. The van der Waals surface area contributed by atoms with Crippen molar-refractivity contribution in [3.05, 3.63) is 33.8 Å². The minimum Gasteiger partial charge on any atom is -0.465 e. The number of hydrogen-bond donors (Lipinski definition) is 0. The lowest BCUT2D eigenvalue weighted by Crippen LogP contribution is -2.25. The molecule has 0 aliphatic carbocycles. The van der Waals surface area contributed by atoms with Gasteiger partial charge in [-0.15, -0.1) is 0 Å². The molecule has 0 atom stereocenters. The van der Waals surface area contributed by atoms with Gasteiger partial charge in [-0.2, -0.15) is 0 Å².